The van der Waals surface area contributed by atoms with Crippen LogP contribution >= 0.6 is 0 Å². The SMILES string of the molecule is CCn1cc(S(=O)(=O)n2cc3c(n2)CNC3)c(C(F)(F)F)n1. The third kappa shape index (κ3) is 2.29. The maximum Gasteiger partial charge on any atom is 0.436 e. The second-order valence-corrected chi connectivity index (χ2v) is 6.54. The predicted molar refractivity (Wildman–Crippen MR) is 68.3 cm³/mol. The molecule has 120 valence electrons. The summed E-state index contributed by atoms with van der Waals surface area (Å²) < 4.78 is 65.5. The largest absolute Gasteiger partial charge is 0.436 e. The van der Waals surface area contributed by atoms with Crippen molar-refractivity contribution >= 4 is 10.0 Å². The molecule has 0 atom stereocenters. The van der Waals surface area contributed by atoms with Crippen molar-refractivity contribution in [1.82, 2.24) is 24.3 Å². The van der Waals surface area contributed by atoms with E-state index in [9.17, 15) is 21.6 Å². The number of hydrogen-bond donors (Lipinski definition) is 1. The third-order valence-corrected chi connectivity index (χ3v) is 4.84. The van der Waals surface area contributed by atoms with Gasteiger partial charge in [0.25, 0.3) is 10.0 Å². The van der Waals surface area contributed by atoms with Crippen LogP contribution in [0.1, 0.15) is 23.9 Å². The Morgan fingerprint density at radius 3 is 2.59 bits per heavy atom. The Hall–Kier alpha value is -1.88. The number of rotatable bonds is 3. The number of aromatic nitrogens is 4. The first-order valence-electron chi connectivity index (χ1n) is 6.42. The van der Waals surface area contributed by atoms with Crippen molar-refractivity contribution in [2.24, 2.45) is 0 Å². The number of fused-ring (bicyclic) bond motifs is 1. The quantitative estimate of drug-likeness (QED) is 0.903. The maximum absolute atomic E-state index is 13.0. The van der Waals surface area contributed by atoms with Gasteiger partial charge in [-0.25, -0.2) is 0 Å². The Morgan fingerprint density at radius 2 is 2.00 bits per heavy atom. The van der Waals surface area contributed by atoms with E-state index in [1.54, 1.807) is 6.92 Å². The molecular weight excluding hydrogens is 323 g/mol. The summed E-state index contributed by atoms with van der Waals surface area (Å²) in [5.41, 5.74) is -0.261. The van der Waals surface area contributed by atoms with E-state index in [2.05, 4.69) is 15.5 Å². The molecule has 0 saturated heterocycles. The van der Waals surface area contributed by atoms with E-state index in [0.717, 1.165) is 10.9 Å². The molecule has 0 aromatic carbocycles. The fraction of sp³-hybridized carbons (Fsp3) is 0.455. The molecule has 7 nitrogen and oxygen atoms in total. The number of nitrogens with zero attached hydrogens (tertiary/aromatic N) is 4. The molecule has 1 N–H and O–H groups in total. The van der Waals surface area contributed by atoms with Crippen LogP contribution in [-0.2, 0) is 35.8 Å². The summed E-state index contributed by atoms with van der Waals surface area (Å²) in [7, 11) is -4.45. The van der Waals surface area contributed by atoms with Gasteiger partial charge in [-0.05, 0) is 6.92 Å². The first-order chi connectivity index (χ1) is 10.2. The summed E-state index contributed by atoms with van der Waals surface area (Å²) in [5, 5.41) is 10.1. The highest BCUT2D eigenvalue weighted by Gasteiger charge is 2.42. The molecule has 0 aliphatic carbocycles. The van der Waals surface area contributed by atoms with Crippen LogP contribution in [0, 0.1) is 0 Å². The molecule has 0 spiro atoms. The van der Waals surface area contributed by atoms with Crippen LogP contribution in [0.15, 0.2) is 17.3 Å². The molecule has 0 unspecified atom stereocenters. The molecular formula is C11H12F3N5O2S. The number of nitrogens with one attached hydrogen (secondary N) is 1. The molecule has 0 amide bonds. The lowest BCUT2D eigenvalue weighted by molar-refractivity contribution is -0.143. The Labute approximate surface area is 123 Å². The number of hydrogen-bond acceptors (Lipinski definition) is 5. The zero-order chi connectivity index (χ0) is 16.1. The van der Waals surface area contributed by atoms with E-state index in [0.29, 0.717) is 28.4 Å². The molecule has 2 aromatic rings. The zero-order valence-corrected chi connectivity index (χ0v) is 12.2. The second kappa shape index (κ2) is 4.81. The minimum absolute atomic E-state index is 0.123. The molecule has 3 heterocycles. The van der Waals surface area contributed by atoms with Crippen LogP contribution in [0.25, 0.3) is 0 Å². The number of alkyl halides is 3. The number of aryl methyl sites for hydroxylation is 1. The Bertz CT molecular complexity index is 800. The highest BCUT2D eigenvalue weighted by molar-refractivity contribution is 7.89. The van der Waals surface area contributed by atoms with Crippen LogP contribution in [0.4, 0.5) is 13.2 Å². The van der Waals surface area contributed by atoms with Crippen LogP contribution < -0.4 is 5.32 Å². The summed E-state index contributed by atoms with van der Waals surface area (Å²) in [6.07, 6.45) is -2.75. The lowest BCUT2D eigenvalue weighted by Crippen LogP contribution is -2.19. The van der Waals surface area contributed by atoms with Gasteiger partial charge < -0.3 is 5.32 Å². The van der Waals surface area contributed by atoms with Crippen LogP contribution in [0.5, 0.6) is 0 Å². The molecule has 0 radical (unpaired) electrons. The summed E-state index contributed by atoms with van der Waals surface area (Å²) in [6.45, 7) is 2.51. The van der Waals surface area contributed by atoms with Gasteiger partial charge in [0.2, 0.25) is 0 Å². The second-order valence-electron chi connectivity index (χ2n) is 4.78. The number of halogens is 3. The molecule has 3 rings (SSSR count). The molecule has 0 fully saturated rings. The van der Waals surface area contributed by atoms with Crippen molar-refractivity contribution in [3.63, 3.8) is 0 Å². The predicted octanol–water partition coefficient (Wildman–Crippen LogP) is 0.958. The van der Waals surface area contributed by atoms with E-state index >= 15 is 0 Å². The topological polar surface area (TPSA) is 81.8 Å². The minimum Gasteiger partial charge on any atom is -0.307 e. The first kappa shape index (κ1) is 15.0. The van der Waals surface area contributed by atoms with Gasteiger partial charge in [0.15, 0.2) is 5.69 Å². The van der Waals surface area contributed by atoms with Gasteiger partial charge in [0.05, 0.1) is 5.69 Å². The molecule has 11 heteroatoms. The van der Waals surface area contributed by atoms with Crippen molar-refractivity contribution in [3.8, 4) is 0 Å². The molecule has 1 aliphatic rings. The average Bonchev–Trinajstić information content (AvgIpc) is 3.11. The summed E-state index contributed by atoms with van der Waals surface area (Å²) >= 11 is 0. The zero-order valence-electron chi connectivity index (χ0n) is 11.4. The highest BCUT2D eigenvalue weighted by Crippen LogP contribution is 2.34. The van der Waals surface area contributed by atoms with Crippen molar-refractivity contribution < 1.29 is 21.6 Å². The van der Waals surface area contributed by atoms with E-state index in [-0.39, 0.29) is 6.54 Å². The van der Waals surface area contributed by atoms with Gasteiger partial charge in [-0.15, -0.1) is 0 Å². The van der Waals surface area contributed by atoms with Gasteiger partial charge in [-0.3, -0.25) is 4.68 Å². The summed E-state index contributed by atoms with van der Waals surface area (Å²) in [6, 6.07) is 0. The molecule has 0 saturated carbocycles. The molecule has 22 heavy (non-hydrogen) atoms. The van der Waals surface area contributed by atoms with Crippen LogP contribution in [0.2, 0.25) is 0 Å². The lowest BCUT2D eigenvalue weighted by Gasteiger charge is -2.07. The van der Waals surface area contributed by atoms with Gasteiger partial charge in [0.1, 0.15) is 4.90 Å². The average molecular weight is 335 g/mol. The Morgan fingerprint density at radius 1 is 1.27 bits per heavy atom. The normalized spacial score (nSPS) is 15.3. The van der Waals surface area contributed by atoms with Crippen molar-refractivity contribution in [3.05, 3.63) is 29.3 Å². The first-order valence-corrected chi connectivity index (χ1v) is 7.86. The summed E-state index contributed by atoms with van der Waals surface area (Å²) in [5.74, 6) is 0. The molecule has 2 aromatic heterocycles. The molecule has 1 aliphatic heterocycles. The van der Waals surface area contributed by atoms with Crippen LogP contribution in [-0.4, -0.2) is 27.4 Å². The van der Waals surface area contributed by atoms with E-state index in [1.165, 1.54) is 6.20 Å². The highest BCUT2D eigenvalue weighted by atomic mass is 32.2. The van der Waals surface area contributed by atoms with Crippen molar-refractivity contribution in [2.75, 3.05) is 0 Å². The Kier molecular flexibility index (Phi) is 3.29. The molecule has 0 bridgehead atoms. The van der Waals surface area contributed by atoms with E-state index in [1.807, 2.05) is 0 Å². The van der Waals surface area contributed by atoms with Crippen LogP contribution in [0.3, 0.4) is 0 Å². The monoisotopic (exact) mass is 335 g/mol. The fourth-order valence-corrected chi connectivity index (χ4v) is 3.54. The Balaban J connectivity index is 2.14. The van der Waals surface area contributed by atoms with Gasteiger partial charge >= 0.3 is 6.18 Å². The fourth-order valence-electron chi connectivity index (χ4n) is 2.21. The minimum atomic E-state index is -4.86. The maximum atomic E-state index is 13.0. The standard InChI is InChI=1S/C11H12F3N5O2S/c1-2-18-6-9(10(17-18)11(12,13)14)22(20,21)19-5-7-3-15-4-8(7)16-19/h5-6,15H,2-4H2,1H3. The van der Waals surface area contributed by atoms with Gasteiger partial charge in [-0.1, -0.05) is 0 Å². The summed E-state index contributed by atoms with van der Waals surface area (Å²) in [4.78, 5) is -0.893. The third-order valence-electron chi connectivity index (χ3n) is 3.31. The van der Waals surface area contributed by atoms with Crippen molar-refractivity contribution in [2.45, 2.75) is 37.6 Å². The smallest absolute Gasteiger partial charge is 0.307 e. The van der Waals surface area contributed by atoms with E-state index in [4.69, 9.17) is 0 Å². The van der Waals surface area contributed by atoms with Crippen molar-refractivity contribution in [1.29, 1.82) is 0 Å². The van der Waals surface area contributed by atoms with Gasteiger partial charge in [-0.2, -0.15) is 35.9 Å². The van der Waals surface area contributed by atoms with Gasteiger partial charge in [0, 0.05) is 37.6 Å². The lowest BCUT2D eigenvalue weighted by atomic mass is 10.3. The van der Waals surface area contributed by atoms with E-state index < -0.39 is 26.8 Å².